The number of halogens is 3. The normalized spacial score (nSPS) is 14.4. The Morgan fingerprint density at radius 3 is 1.82 bits per heavy atom. The lowest BCUT2D eigenvalue weighted by molar-refractivity contribution is -0.137. The van der Waals surface area contributed by atoms with Crippen LogP contribution < -0.4 is 0 Å². The summed E-state index contributed by atoms with van der Waals surface area (Å²) >= 11 is 0. The first-order valence-electron chi connectivity index (χ1n) is 11.2. The van der Waals surface area contributed by atoms with Crippen LogP contribution >= 0.6 is 0 Å². The number of hydrogen-bond acceptors (Lipinski definition) is 1. The van der Waals surface area contributed by atoms with Crippen molar-refractivity contribution < 1.29 is 13.2 Å². The smallest absolute Gasteiger partial charge is 0.299 e. The van der Waals surface area contributed by atoms with Gasteiger partial charge in [0.2, 0.25) is 0 Å². The molecule has 0 saturated heterocycles. The lowest BCUT2D eigenvalue weighted by Gasteiger charge is -2.31. The van der Waals surface area contributed by atoms with Crippen molar-refractivity contribution in [2.45, 2.75) is 91.8 Å². The first kappa shape index (κ1) is 25.0. The second kappa shape index (κ2) is 13.2. The molecule has 0 aliphatic rings. The van der Waals surface area contributed by atoms with Crippen LogP contribution in [0.2, 0.25) is 0 Å². The summed E-state index contributed by atoms with van der Waals surface area (Å²) in [6.07, 6.45) is 5.23. The average molecular weight is 400 g/mol. The molecular formula is C24H40F3N. The molecule has 0 aliphatic heterocycles. The fourth-order valence-electron chi connectivity index (χ4n) is 3.87. The van der Waals surface area contributed by atoms with Gasteiger partial charge in [-0.25, -0.2) is 0 Å². The molecule has 1 nitrogen and oxygen atoms in total. The molecule has 0 aromatic heterocycles. The van der Waals surface area contributed by atoms with E-state index in [-0.39, 0.29) is 0 Å². The molecule has 2 unspecified atom stereocenters. The third-order valence-corrected chi connectivity index (χ3v) is 5.78. The zero-order valence-electron chi connectivity index (χ0n) is 18.3. The van der Waals surface area contributed by atoms with Crippen LogP contribution in [-0.2, 0) is 12.7 Å². The van der Waals surface area contributed by atoms with Gasteiger partial charge in [0.05, 0.1) is 5.56 Å². The molecule has 0 N–H and O–H groups in total. The number of benzene rings is 1. The summed E-state index contributed by atoms with van der Waals surface area (Å²) in [4.78, 5) is 2.42. The maximum absolute atomic E-state index is 13.1. The van der Waals surface area contributed by atoms with E-state index in [4.69, 9.17) is 0 Å². The second-order valence-electron chi connectivity index (χ2n) is 8.23. The van der Waals surface area contributed by atoms with Crippen molar-refractivity contribution in [1.82, 2.24) is 4.90 Å². The SMILES string of the molecule is CCCCC(CC)CN(Cc1cccc(C(F)(F)F)c1)CC(CC)CCCC. The van der Waals surface area contributed by atoms with E-state index in [1.807, 2.05) is 6.07 Å². The summed E-state index contributed by atoms with van der Waals surface area (Å²) in [5.74, 6) is 1.24. The van der Waals surface area contributed by atoms with Crippen LogP contribution in [0, 0.1) is 11.8 Å². The number of alkyl halides is 3. The quantitative estimate of drug-likeness (QED) is 0.307. The van der Waals surface area contributed by atoms with Gasteiger partial charge in [0.1, 0.15) is 0 Å². The highest BCUT2D eigenvalue weighted by Crippen LogP contribution is 2.30. The summed E-state index contributed by atoms with van der Waals surface area (Å²) in [5, 5.41) is 0. The van der Waals surface area contributed by atoms with Gasteiger partial charge in [-0.2, -0.15) is 13.2 Å². The van der Waals surface area contributed by atoms with Crippen LogP contribution in [-0.4, -0.2) is 18.0 Å². The maximum Gasteiger partial charge on any atom is 0.416 e. The molecule has 1 rings (SSSR count). The molecule has 1 aromatic rings. The third kappa shape index (κ3) is 9.45. The van der Waals surface area contributed by atoms with Crippen molar-refractivity contribution >= 4 is 0 Å². The van der Waals surface area contributed by atoms with E-state index < -0.39 is 11.7 Å². The molecule has 4 heteroatoms. The number of rotatable bonds is 14. The van der Waals surface area contributed by atoms with E-state index in [0.717, 1.165) is 31.5 Å². The number of unbranched alkanes of at least 4 members (excludes halogenated alkanes) is 2. The molecule has 2 atom stereocenters. The van der Waals surface area contributed by atoms with Crippen LogP contribution in [0.4, 0.5) is 13.2 Å². The van der Waals surface area contributed by atoms with Crippen LogP contribution in [0.15, 0.2) is 24.3 Å². The Labute approximate surface area is 170 Å². The van der Waals surface area contributed by atoms with Crippen molar-refractivity contribution in [3.8, 4) is 0 Å². The Morgan fingerprint density at radius 1 is 0.857 bits per heavy atom. The lowest BCUT2D eigenvalue weighted by Crippen LogP contribution is -2.33. The van der Waals surface area contributed by atoms with Crippen LogP contribution in [0.25, 0.3) is 0 Å². The molecule has 0 bridgehead atoms. The Bertz CT molecular complexity index is 509. The average Bonchev–Trinajstić information content (AvgIpc) is 2.67. The van der Waals surface area contributed by atoms with E-state index in [1.54, 1.807) is 6.07 Å². The van der Waals surface area contributed by atoms with Crippen molar-refractivity contribution in [2.75, 3.05) is 13.1 Å². The fourth-order valence-corrected chi connectivity index (χ4v) is 3.87. The maximum atomic E-state index is 13.1. The van der Waals surface area contributed by atoms with Gasteiger partial charge >= 0.3 is 6.18 Å². The second-order valence-corrected chi connectivity index (χ2v) is 8.23. The van der Waals surface area contributed by atoms with E-state index in [9.17, 15) is 13.2 Å². The summed E-state index contributed by atoms with van der Waals surface area (Å²) in [7, 11) is 0. The fraction of sp³-hybridized carbons (Fsp3) is 0.750. The summed E-state index contributed by atoms with van der Waals surface area (Å²) in [6, 6.07) is 5.87. The minimum absolute atomic E-state index is 0.541. The highest BCUT2D eigenvalue weighted by atomic mass is 19.4. The zero-order valence-corrected chi connectivity index (χ0v) is 18.3. The van der Waals surface area contributed by atoms with Crippen molar-refractivity contribution in [3.63, 3.8) is 0 Å². The Hall–Kier alpha value is -1.03. The van der Waals surface area contributed by atoms with Crippen LogP contribution in [0.1, 0.15) is 90.2 Å². The van der Waals surface area contributed by atoms with Crippen LogP contribution in [0.3, 0.4) is 0 Å². The van der Waals surface area contributed by atoms with Gasteiger partial charge in [-0.3, -0.25) is 4.90 Å². The predicted octanol–water partition coefficient (Wildman–Crippen LogP) is 7.94. The van der Waals surface area contributed by atoms with Crippen LogP contribution in [0.5, 0.6) is 0 Å². The standard InChI is InChI=1S/C24H40F3N/c1-5-9-12-20(7-3)17-28(18-21(8-4)13-10-6-2)19-22-14-11-15-23(16-22)24(25,26)27/h11,14-16,20-21H,5-10,12-13,17-19H2,1-4H3. The number of hydrogen-bond donors (Lipinski definition) is 0. The van der Waals surface area contributed by atoms with E-state index in [2.05, 4.69) is 32.6 Å². The van der Waals surface area contributed by atoms with Gasteiger partial charge in [-0.05, 0) is 36.3 Å². The summed E-state index contributed by atoms with van der Waals surface area (Å²) < 4.78 is 39.3. The van der Waals surface area contributed by atoms with E-state index in [0.29, 0.717) is 18.4 Å². The summed E-state index contributed by atoms with van der Waals surface area (Å²) in [6.45, 7) is 11.5. The van der Waals surface area contributed by atoms with Gasteiger partial charge < -0.3 is 0 Å². The van der Waals surface area contributed by atoms with E-state index >= 15 is 0 Å². The predicted molar refractivity (Wildman–Crippen MR) is 113 cm³/mol. The largest absolute Gasteiger partial charge is 0.416 e. The van der Waals surface area contributed by atoms with Crippen molar-refractivity contribution in [2.24, 2.45) is 11.8 Å². The molecule has 28 heavy (non-hydrogen) atoms. The minimum atomic E-state index is -4.28. The first-order valence-corrected chi connectivity index (χ1v) is 11.2. The molecule has 0 aliphatic carbocycles. The molecule has 0 amide bonds. The molecule has 0 spiro atoms. The van der Waals surface area contributed by atoms with Gasteiger partial charge in [0.25, 0.3) is 0 Å². The number of nitrogens with zero attached hydrogens (tertiary/aromatic N) is 1. The molecule has 0 saturated carbocycles. The lowest BCUT2D eigenvalue weighted by atomic mass is 9.95. The third-order valence-electron chi connectivity index (χ3n) is 5.78. The highest BCUT2D eigenvalue weighted by molar-refractivity contribution is 5.25. The van der Waals surface area contributed by atoms with Gasteiger partial charge in [0.15, 0.2) is 0 Å². The molecule has 0 heterocycles. The van der Waals surface area contributed by atoms with Gasteiger partial charge in [0, 0.05) is 19.6 Å². The minimum Gasteiger partial charge on any atom is -0.299 e. The van der Waals surface area contributed by atoms with Crippen molar-refractivity contribution in [1.29, 1.82) is 0 Å². The van der Waals surface area contributed by atoms with Gasteiger partial charge in [-0.1, -0.05) is 84.4 Å². The topological polar surface area (TPSA) is 3.24 Å². The van der Waals surface area contributed by atoms with E-state index in [1.165, 1.54) is 50.7 Å². The summed E-state index contributed by atoms with van der Waals surface area (Å²) in [5.41, 5.74) is 0.228. The Balaban J connectivity index is 2.92. The van der Waals surface area contributed by atoms with Crippen molar-refractivity contribution in [3.05, 3.63) is 35.4 Å². The Morgan fingerprint density at radius 2 is 1.39 bits per heavy atom. The highest BCUT2D eigenvalue weighted by Gasteiger charge is 2.30. The molecule has 0 fully saturated rings. The molecule has 162 valence electrons. The zero-order chi connectivity index (χ0) is 21.0. The van der Waals surface area contributed by atoms with Gasteiger partial charge in [-0.15, -0.1) is 0 Å². The molecule has 0 radical (unpaired) electrons. The first-order chi connectivity index (χ1) is 13.3. The monoisotopic (exact) mass is 399 g/mol. The Kier molecular flexibility index (Phi) is 11.8. The molecule has 1 aromatic carbocycles. The molecular weight excluding hydrogens is 359 g/mol.